The summed E-state index contributed by atoms with van der Waals surface area (Å²) in [6, 6.07) is 10.2. The standard InChI is InChI=1S/C24H29F2N3O2S.C2HF3O2/c1-29-11-10-24(15-4-7-20(30-2)21(12-15)31-3)9-8-17(14-22(24)29)27-23(32)28-19-6-5-16(25)13-18(19)26;3-2(4,5)1(6)7/h4-7,12-13,17,22H,8-11,14H2,1-3H3,(H2,27,28,32);(H,6,7)/t17-,22+,24+;/m1./s1. The van der Waals surface area contributed by atoms with Crippen molar-refractivity contribution in [3.63, 3.8) is 0 Å². The van der Waals surface area contributed by atoms with Crippen LogP contribution in [0, 0.1) is 11.6 Å². The van der Waals surface area contributed by atoms with Crippen molar-refractivity contribution in [1.29, 1.82) is 0 Å². The molecule has 1 aliphatic carbocycles. The van der Waals surface area contributed by atoms with Gasteiger partial charge in [-0.2, -0.15) is 13.2 Å². The first-order valence-electron chi connectivity index (χ1n) is 12.1. The molecule has 4 rings (SSSR count). The Morgan fingerprint density at radius 1 is 1.10 bits per heavy atom. The average molecular weight is 576 g/mol. The Morgan fingerprint density at radius 2 is 1.77 bits per heavy atom. The van der Waals surface area contributed by atoms with Gasteiger partial charge in [0.15, 0.2) is 16.6 Å². The van der Waals surface area contributed by atoms with E-state index in [1.54, 1.807) is 14.2 Å². The number of nitrogens with one attached hydrogen (secondary N) is 2. The summed E-state index contributed by atoms with van der Waals surface area (Å²) < 4.78 is 69.8. The van der Waals surface area contributed by atoms with Crippen molar-refractivity contribution in [2.24, 2.45) is 0 Å². The molecule has 0 bridgehead atoms. The van der Waals surface area contributed by atoms with Crippen LogP contribution in [-0.4, -0.2) is 67.2 Å². The van der Waals surface area contributed by atoms with E-state index in [0.29, 0.717) is 11.2 Å². The third-order valence-corrected chi connectivity index (χ3v) is 7.46. The Balaban J connectivity index is 0.000000532. The molecule has 214 valence electrons. The van der Waals surface area contributed by atoms with Crippen molar-refractivity contribution < 1.29 is 41.3 Å². The number of likely N-dealkylation sites (tertiary alicyclic amines) is 1. The maximum atomic E-state index is 14.0. The van der Waals surface area contributed by atoms with Crippen LogP contribution in [0.3, 0.4) is 0 Å². The number of nitrogens with zero attached hydrogens (tertiary/aromatic N) is 1. The Morgan fingerprint density at radius 3 is 2.36 bits per heavy atom. The molecule has 7 nitrogen and oxygen atoms in total. The molecule has 13 heteroatoms. The summed E-state index contributed by atoms with van der Waals surface area (Å²) >= 11 is 5.41. The van der Waals surface area contributed by atoms with E-state index < -0.39 is 23.8 Å². The third-order valence-electron chi connectivity index (χ3n) is 7.24. The zero-order chi connectivity index (χ0) is 29.0. The Bertz CT molecular complexity index is 1200. The van der Waals surface area contributed by atoms with Crippen LogP contribution in [0.15, 0.2) is 36.4 Å². The number of carboxylic acids is 1. The van der Waals surface area contributed by atoms with Crippen LogP contribution in [0.5, 0.6) is 11.5 Å². The number of fused-ring (bicyclic) bond motifs is 1. The van der Waals surface area contributed by atoms with Crippen molar-refractivity contribution >= 4 is 29.0 Å². The highest BCUT2D eigenvalue weighted by Crippen LogP contribution is 2.49. The van der Waals surface area contributed by atoms with Crippen molar-refractivity contribution in [2.75, 3.05) is 33.1 Å². The van der Waals surface area contributed by atoms with Crippen LogP contribution in [-0.2, 0) is 10.2 Å². The van der Waals surface area contributed by atoms with E-state index in [4.69, 9.17) is 31.6 Å². The Kier molecular flexibility index (Phi) is 9.60. The van der Waals surface area contributed by atoms with Crippen LogP contribution >= 0.6 is 12.2 Å². The Labute approximate surface area is 228 Å². The monoisotopic (exact) mass is 575 g/mol. The summed E-state index contributed by atoms with van der Waals surface area (Å²) in [4.78, 5) is 11.3. The lowest BCUT2D eigenvalue weighted by Gasteiger charge is -2.45. The minimum atomic E-state index is -5.08. The molecule has 3 N–H and O–H groups in total. The van der Waals surface area contributed by atoms with Gasteiger partial charge in [0, 0.05) is 23.6 Å². The van der Waals surface area contributed by atoms with Crippen LogP contribution in [0.4, 0.5) is 27.6 Å². The van der Waals surface area contributed by atoms with Gasteiger partial charge in [-0.05, 0) is 81.3 Å². The molecule has 1 heterocycles. The van der Waals surface area contributed by atoms with E-state index in [1.807, 2.05) is 6.07 Å². The minimum Gasteiger partial charge on any atom is -0.493 e. The lowest BCUT2D eigenvalue weighted by molar-refractivity contribution is -0.192. The van der Waals surface area contributed by atoms with Gasteiger partial charge >= 0.3 is 12.1 Å². The number of methoxy groups -OCH3 is 2. The van der Waals surface area contributed by atoms with Crippen LogP contribution < -0.4 is 20.1 Å². The van der Waals surface area contributed by atoms with Gasteiger partial charge in [-0.25, -0.2) is 13.6 Å². The quantitative estimate of drug-likeness (QED) is 0.336. The fourth-order valence-corrected chi connectivity index (χ4v) is 5.61. The van der Waals surface area contributed by atoms with Crippen molar-refractivity contribution in [2.45, 2.75) is 49.4 Å². The molecular weight excluding hydrogens is 545 g/mol. The molecule has 0 unspecified atom stereocenters. The summed E-state index contributed by atoms with van der Waals surface area (Å²) in [6.45, 7) is 1.02. The third kappa shape index (κ3) is 7.07. The van der Waals surface area contributed by atoms with Gasteiger partial charge in [0.2, 0.25) is 0 Å². The molecule has 1 saturated heterocycles. The predicted octanol–water partition coefficient (Wildman–Crippen LogP) is 5.10. The number of likely N-dealkylation sites (N-methyl/N-ethyl adjacent to an activating group) is 1. The summed E-state index contributed by atoms with van der Waals surface area (Å²) in [5.74, 6) is -2.56. The fraction of sp³-hybridized carbons (Fsp3) is 0.462. The highest BCUT2D eigenvalue weighted by Gasteiger charge is 2.50. The van der Waals surface area contributed by atoms with Gasteiger partial charge in [0.05, 0.1) is 19.9 Å². The summed E-state index contributed by atoms with van der Waals surface area (Å²) in [7, 11) is 5.48. The molecule has 2 aliphatic rings. The maximum absolute atomic E-state index is 14.0. The summed E-state index contributed by atoms with van der Waals surface area (Å²) in [6.07, 6.45) is -1.15. The lowest BCUT2D eigenvalue weighted by atomic mass is 9.65. The molecule has 1 aliphatic heterocycles. The number of alkyl halides is 3. The second-order valence-electron chi connectivity index (χ2n) is 9.47. The van der Waals surface area contributed by atoms with Gasteiger partial charge in [-0.15, -0.1) is 0 Å². The molecule has 2 fully saturated rings. The molecule has 0 aromatic heterocycles. The molecule has 3 atom stereocenters. The van der Waals surface area contributed by atoms with Gasteiger partial charge in [0.1, 0.15) is 11.6 Å². The number of thiocarbonyl (C=S) groups is 1. The number of carbonyl (C=O) groups is 1. The number of aliphatic carboxylic acids is 1. The highest BCUT2D eigenvalue weighted by molar-refractivity contribution is 7.80. The molecule has 1 saturated carbocycles. The van der Waals surface area contributed by atoms with Gasteiger partial charge in [-0.3, -0.25) is 0 Å². The van der Waals surface area contributed by atoms with E-state index in [2.05, 4.69) is 34.7 Å². The van der Waals surface area contributed by atoms with E-state index in [9.17, 15) is 22.0 Å². The molecule has 0 radical (unpaired) electrons. The zero-order valence-corrected chi connectivity index (χ0v) is 22.4. The van der Waals surface area contributed by atoms with E-state index in [-0.39, 0.29) is 17.1 Å². The van der Waals surface area contributed by atoms with Crippen LogP contribution in [0.25, 0.3) is 0 Å². The first kappa shape index (κ1) is 30.4. The van der Waals surface area contributed by atoms with Gasteiger partial charge in [0.25, 0.3) is 0 Å². The predicted molar refractivity (Wildman–Crippen MR) is 139 cm³/mol. The number of ether oxygens (including phenoxy) is 2. The molecular formula is C26H30F5N3O4S. The van der Waals surface area contributed by atoms with Crippen molar-refractivity contribution in [3.05, 3.63) is 53.6 Å². The van der Waals surface area contributed by atoms with E-state index >= 15 is 0 Å². The molecule has 0 spiro atoms. The second-order valence-corrected chi connectivity index (χ2v) is 9.88. The van der Waals surface area contributed by atoms with Crippen molar-refractivity contribution in [1.82, 2.24) is 10.2 Å². The number of rotatable bonds is 5. The molecule has 2 aromatic rings. The lowest BCUT2D eigenvalue weighted by Crippen LogP contribution is -2.52. The van der Waals surface area contributed by atoms with Crippen molar-refractivity contribution in [3.8, 4) is 11.5 Å². The van der Waals surface area contributed by atoms with E-state index in [0.717, 1.165) is 49.8 Å². The summed E-state index contributed by atoms with van der Waals surface area (Å²) in [5.41, 5.74) is 1.49. The largest absolute Gasteiger partial charge is 0.493 e. The first-order chi connectivity index (χ1) is 18.3. The van der Waals surface area contributed by atoms with Gasteiger partial charge in [-0.1, -0.05) is 6.07 Å². The number of hydrogen-bond donors (Lipinski definition) is 3. The zero-order valence-electron chi connectivity index (χ0n) is 21.6. The smallest absolute Gasteiger partial charge is 0.490 e. The molecule has 2 aromatic carbocycles. The second kappa shape index (κ2) is 12.3. The van der Waals surface area contributed by atoms with Gasteiger partial charge < -0.3 is 30.1 Å². The number of anilines is 1. The summed E-state index contributed by atoms with van der Waals surface area (Å²) in [5, 5.41) is 13.7. The number of benzene rings is 2. The first-order valence-corrected chi connectivity index (χ1v) is 12.5. The molecule has 39 heavy (non-hydrogen) atoms. The number of halogens is 5. The number of hydrogen-bond acceptors (Lipinski definition) is 5. The van der Waals surface area contributed by atoms with Crippen LogP contribution in [0.1, 0.15) is 31.2 Å². The minimum absolute atomic E-state index is 0.0462. The topological polar surface area (TPSA) is 83.1 Å². The molecule has 0 amide bonds. The normalized spacial score (nSPS) is 22.7. The van der Waals surface area contributed by atoms with Crippen LogP contribution in [0.2, 0.25) is 0 Å². The average Bonchev–Trinajstić information content (AvgIpc) is 3.22. The Hall–Kier alpha value is -3.19. The SMILES string of the molecule is COc1ccc([C@@]23CC[C@@H](NC(=S)Nc4ccc(F)cc4F)C[C@@H]2N(C)CC3)cc1OC.O=C(O)C(F)(F)F. The fourth-order valence-electron chi connectivity index (χ4n) is 5.33. The number of carboxylic acid groups (broad SMARTS) is 1. The highest BCUT2D eigenvalue weighted by atomic mass is 32.1. The van der Waals surface area contributed by atoms with E-state index in [1.165, 1.54) is 17.7 Å². The maximum Gasteiger partial charge on any atom is 0.490 e.